The van der Waals surface area contributed by atoms with Gasteiger partial charge in [0.25, 0.3) is 0 Å². The van der Waals surface area contributed by atoms with Gasteiger partial charge in [0, 0.05) is 18.9 Å². The minimum atomic E-state index is -3.89. The van der Waals surface area contributed by atoms with Gasteiger partial charge in [0.2, 0.25) is 0 Å². The van der Waals surface area contributed by atoms with Crippen molar-refractivity contribution in [3.05, 3.63) is 18.7 Å². The molecular weight excluding hydrogens is 399 g/mol. The highest BCUT2D eigenvalue weighted by molar-refractivity contribution is 7.47. The van der Waals surface area contributed by atoms with Crippen LogP contribution in [-0.4, -0.2) is 27.7 Å². The van der Waals surface area contributed by atoms with E-state index in [0.717, 1.165) is 57.9 Å². The number of hydrogen-bond acceptors (Lipinski definition) is 4. The van der Waals surface area contributed by atoms with Crippen LogP contribution in [-0.2, 0) is 20.2 Å². The Morgan fingerprint density at radius 1 is 0.900 bits per heavy atom. The lowest BCUT2D eigenvalue weighted by molar-refractivity contribution is 0.110. The molecule has 0 saturated carbocycles. The van der Waals surface area contributed by atoms with E-state index >= 15 is 0 Å². The van der Waals surface area contributed by atoms with Crippen molar-refractivity contribution in [2.75, 3.05) is 13.2 Å². The van der Waals surface area contributed by atoms with Crippen LogP contribution in [0.4, 0.5) is 0 Å². The lowest BCUT2D eigenvalue weighted by Crippen LogP contribution is -2.12. The average Bonchev–Trinajstić information content (AvgIpc) is 3.26. The molecule has 0 spiro atoms. The van der Waals surface area contributed by atoms with Crippen LogP contribution >= 0.6 is 7.82 Å². The standard InChI is InChI=1S/C16H35O4P.C7H12N2/c1-5-9-11-15(7-3)13-19-21(17,18)20-14-16(8-4)12-10-6-2;1-2-3-5-9-6-4-8-7-9/h15-16H,5-14H2,1-4H3,(H,17,18);4,6-7H,2-3,5H2,1H3. The summed E-state index contributed by atoms with van der Waals surface area (Å²) in [7, 11) is -3.89. The van der Waals surface area contributed by atoms with Crippen LogP contribution in [0.3, 0.4) is 0 Å². The van der Waals surface area contributed by atoms with Gasteiger partial charge in [0.05, 0.1) is 19.5 Å². The van der Waals surface area contributed by atoms with E-state index in [2.05, 4.69) is 44.2 Å². The molecule has 2 unspecified atom stereocenters. The SMILES string of the molecule is CCCCC(CC)COP(=O)(O)OCC(CC)CCCC.CCCCn1ccnc1. The number of aromatic nitrogens is 2. The number of unbranched alkanes of at least 4 members (excludes halogenated alkanes) is 3. The number of rotatable bonds is 17. The average molecular weight is 447 g/mol. The van der Waals surface area contributed by atoms with Gasteiger partial charge in [0.15, 0.2) is 0 Å². The number of nitrogens with zero attached hydrogens (tertiary/aromatic N) is 2. The Hall–Kier alpha value is -0.680. The second-order valence-corrected chi connectivity index (χ2v) is 9.50. The molecule has 30 heavy (non-hydrogen) atoms. The van der Waals surface area contributed by atoms with Gasteiger partial charge >= 0.3 is 7.82 Å². The summed E-state index contributed by atoms with van der Waals surface area (Å²) >= 11 is 0. The van der Waals surface area contributed by atoms with Crippen LogP contribution in [0.2, 0.25) is 0 Å². The fourth-order valence-electron chi connectivity index (χ4n) is 2.99. The van der Waals surface area contributed by atoms with Crippen molar-refractivity contribution in [1.29, 1.82) is 0 Å². The van der Waals surface area contributed by atoms with Crippen molar-refractivity contribution in [3.63, 3.8) is 0 Å². The summed E-state index contributed by atoms with van der Waals surface area (Å²) in [5.41, 5.74) is 0. The summed E-state index contributed by atoms with van der Waals surface area (Å²) in [6.45, 7) is 12.4. The first-order valence-electron chi connectivity index (χ1n) is 12.0. The van der Waals surface area contributed by atoms with Gasteiger partial charge in [-0.2, -0.15) is 0 Å². The predicted molar refractivity (Wildman–Crippen MR) is 125 cm³/mol. The largest absolute Gasteiger partial charge is 0.472 e. The zero-order valence-electron chi connectivity index (χ0n) is 20.1. The first kappa shape index (κ1) is 29.3. The molecule has 0 fully saturated rings. The number of imidazole rings is 1. The van der Waals surface area contributed by atoms with Gasteiger partial charge in [-0.3, -0.25) is 9.05 Å². The number of phosphoric acid groups is 1. The molecule has 0 amide bonds. The minimum Gasteiger partial charge on any atom is -0.337 e. The van der Waals surface area contributed by atoms with Gasteiger partial charge in [-0.1, -0.05) is 79.6 Å². The predicted octanol–water partition coefficient (Wildman–Crippen LogP) is 7.24. The summed E-state index contributed by atoms with van der Waals surface area (Å²) < 4.78 is 24.3. The molecule has 2 atom stereocenters. The van der Waals surface area contributed by atoms with Crippen LogP contribution in [0.25, 0.3) is 0 Å². The van der Waals surface area contributed by atoms with E-state index in [1.54, 1.807) is 0 Å². The Balaban J connectivity index is 0.000000769. The Labute approximate surface area is 185 Å². The highest BCUT2D eigenvalue weighted by Crippen LogP contribution is 2.44. The molecule has 0 aliphatic rings. The first-order chi connectivity index (χ1) is 14.4. The molecule has 1 rings (SSSR count). The maximum absolute atomic E-state index is 11.9. The minimum absolute atomic E-state index is 0.316. The molecule has 0 radical (unpaired) electrons. The van der Waals surface area contributed by atoms with Crippen molar-refractivity contribution in [2.24, 2.45) is 11.8 Å². The lowest BCUT2D eigenvalue weighted by Gasteiger charge is -2.20. The van der Waals surface area contributed by atoms with Crippen molar-refractivity contribution < 1.29 is 18.5 Å². The van der Waals surface area contributed by atoms with E-state index in [1.165, 1.54) is 12.8 Å². The van der Waals surface area contributed by atoms with Crippen molar-refractivity contribution in [3.8, 4) is 0 Å². The molecule has 1 aromatic heterocycles. The van der Waals surface area contributed by atoms with Gasteiger partial charge in [0.1, 0.15) is 0 Å². The molecule has 178 valence electrons. The van der Waals surface area contributed by atoms with Crippen molar-refractivity contribution in [1.82, 2.24) is 9.55 Å². The Kier molecular flexibility index (Phi) is 18.6. The topological polar surface area (TPSA) is 73.6 Å². The molecular formula is C23H47N2O4P. The molecule has 6 nitrogen and oxygen atoms in total. The molecule has 1 heterocycles. The first-order valence-corrected chi connectivity index (χ1v) is 13.5. The third kappa shape index (κ3) is 16.1. The van der Waals surface area contributed by atoms with E-state index in [9.17, 15) is 9.46 Å². The highest BCUT2D eigenvalue weighted by Gasteiger charge is 2.24. The number of phosphoric ester groups is 1. The lowest BCUT2D eigenvalue weighted by atomic mass is 10.0. The van der Waals surface area contributed by atoms with Gasteiger partial charge < -0.3 is 9.46 Å². The van der Waals surface area contributed by atoms with Gasteiger partial charge in [-0.05, 0) is 31.1 Å². The summed E-state index contributed by atoms with van der Waals surface area (Å²) in [5, 5.41) is 0. The quantitative estimate of drug-likeness (QED) is 0.255. The van der Waals surface area contributed by atoms with E-state index in [-0.39, 0.29) is 0 Å². The second-order valence-electron chi connectivity index (χ2n) is 8.05. The number of hydrogen-bond donors (Lipinski definition) is 1. The monoisotopic (exact) mass is 446 g/mol. The van der Waals surface area contributed by atoms with E-state index in [0.29, 0.717) is 25.0 Å². The summed E-state index contributed by atoms with van der Waals surface area (Å²) in [6, 6.07) is 0. The van der Waals surface area contributed by atoms with Crippen LogP contribution in [0.1, 0.15) is 98.8 Å². The summed E-state index contributed by atoms with van der Waals surface area (Å²) in [6.07, 6.45) is 16.7. The number of aryl methyl sites for hydroxylation is 1. The van der Waals surface area contributed by atoms with Crippen LogP contribution in [0, 0.1) is 11.8 Å². The van der Waals surface area contributed by atoms with E-state index in [1.807, 2.05) is 18.7 Å². The van der Waals surface area contributed by atoms with E-state index < -0.39 is 7.82 Å². The molecule has 1 N–H and O–H groups in total. The van der Waals surface area contributed by atoms with Crippen LogP contribution < -0.4 is 0 Å². The smallest absolute Gasteiger partial charge is 0.337 e. The van der Waals surface area contributed by atoms with E-state index in [4.69, 9.17) is 9.05 Å². The molecule has 0 aliphatic carbocycles. The van der Waals surface area contributed by atoms with Crippen molar-refractivity contribution in [2.45, 2.75) is 105 Å². The van der Waals surface area contributed by atoms with Crippen LogP contribution in [0.5, 0.6) is 0 Å². The zero-order valence-corrected chi connectivity index (χ0v) is 21.0. The molecule has 1 aromatic rings. The summed E-state index contributed by atoms with van der Waals surface area (Å²) in [4.78, 5) is 13.7. The molecule has 0 aromatic carbocycles. The van der Waals surface area contributed by atoms with Gasteiger partial charge in [-0.15, -0.1) is 0 Å². The zero-order chi connectivity index (χ0) is 22.7. The third-order valence-electron chi connectivity index (χ3n) is 5.36. The highest BCUT2D eigenvalue weighted by atomic mass is 31.2. The maximum Gasteiger partial charge on any atom is 0.472 e. The van der Waals surface area contributed by atoms with Crippen molar-refractivity contribution >= 4 is 7.82 Å². The molecule has 0 aliphatic heterocycles. The summed E-state index contributed by atoms with van der Waals surface area (Å²) in [5.74, 6) is 0.687. The van der Waals surface area contributed by atoms with Gasteiger partial charge in [-0.25, -0.2) is 9.55 Å². The molecule has 7 heteroatoms. The second kappa shape index (κ2) is 19.0. The third-order valence-corrected chi connectivity index (χ3v) is 6.31. The normalized spacial score (nSPS) is 15.1. The Morgan fingerprint density at radius 2 is 1.40 bits per heavy atom. The fourth-order valence-corrected chi connectivity index (χ4v) is 3.87. The Bertz CT molecular complexity index is 501. The molecule has 0 saturated heterocycles. The van der Waals surface area contributed by atoms with Crippen LogP contribution in [0.15, 0.2) is 18.7 Å². The Morgan fingerprint density at radius 3 is 1.77 bits per heavy atom. The fraction of sp³-hybridized carbons (Fsp3) is 0.870. The molecule has 0 bridgehead atoms. The maximum atomic E-state index is 11.9.